The molecule has 1 saturated heterocycles. The first-order valence-electron chi connectivity index (χ1n) is 6.61. The molecule has 1 N–H and O–H groups in total. The molecule has 1 atom stereocenters. The number of hydrogen-bond acceptors (Lipinski definition) is 2. The van der Waals surface area contributed by atoms with Gasteiger partial charge in [0.1, 0.15) is 0 Å². The summed E-state index contributed by atoms with van der Waals surface area (Å²) in [6, 6.07) is 0.686. The summed E-state index contributed by atoms with van der Waals surface area (Å²) in [5.41, 5.74) is 0.428. The molecule has 1 aliphatic rings. The van der Waals surface area contributed by atoms with E-state index in [1.165, 1.54) is 45.3 Å². The van der Waals surface area contributed by atoms with Gasteiger partial charge in [-0.1, -0.05) is 13.8 Å². The summed E-state index contributed by atoms with van der Waals surface area (Å²) >= 11 is 0. The fourth-order valence-corrected chi connectivity index (χ4v) is 2.42. The minimum absolute atomic E-state index is 0.428. The van der Waals surface area contributed by atoms with Crippen molar-refractivity contribution in [2.24, 2.45) is 0 Å². The zero-order valence-corrected chi connectivity index (χ0v) is 11.0. The molecule has 0 bridgehead atoms. The van der Waals surface area contributed by atoms with E-state index in [4.69, 9.17) is 0 Å². The average molecular weight is 212 g/mol. The van der Waals surface area contributed by atoms with Crippen molar-refractivity contribution in [1.82, 2.24) is 10.2 Å². The van der Waals surface area contributed by atoms with Gasteiger partial charge < -0.3 is 5.32 Å². The fourth-order valence-electron chi connectivity index (χ4n) is 2.42. The second kappa shape index (κ2) is 5.86. The van der Waals surface area contributed by atoms with Crippen LogP contribution in [0.3, 0.4) is 0 Å². The van der Waals surface area contributed by atoms with Crippen molar-refractivity contribution in [1.29, 1.82) is 0 Å². The van der Waals surface area contributed by atoms with Crippen LogP contribution in [0.25, 0.3) is 0 Å². The molecule has 1 fully saturated rings. The average Bonchev–Trinajstić information content (AvgIpc) is 2.23. The highest BCUT2D eigenvalue weighted by Gasteiger charge is 2.28. The topological polar surface area (TPSA) is 15.3 Å². The number of rotatable bonds is 3. The van der Waals surface area contributed by atoms with Crippen LogP contribution in [0.15, 0.2) is 0 Å². The predicted octanol–water partition coefficient (Wildman–Crippen LogP) is 2.64. The van der Waals surface area contributed by atoms with Gasteiger partial charge in [0.05, 0.1) is 0 Å². The standard InChI is InChI=1S/C13H28N2/c1-5-13(4,6-2)15-10-7-9-14-12(3)8-11-15/h12,14H,5-11H2,1-4H3. The Morgan fingerprint density at radius 2 is 1.93 bits per heavy atom. The van der Waals surface area contributed by atoms with Crippen molar-refractivity contribution in [3.05, 3.63) is 0 Å². The molecule has 0 aromatic carbocycles. The molecule has 0 aromatic heterocycles. The lowest BCUT2D eigenvalue weighted by atomic mass is 9.92. The van der Waals surface area contributed by atoms with Gasteiger partial charge in [-0.3, -0.25) is 4.90 Å². The largest absolute Gasteiger partial charge is 0.314 e. The summed E-state index contributed by atoms with van der Waals surface area (Å²) in [5, 5.41) is 3.57. The highest BCUT2D eigenvalue weighted by molar-refractivity contribution is 4.85. The van der Waals surface area contributed by atoms with E-state index in [0.29, 0.717) is 11.6 Å². The third-order valence-electron chi connectivity index (χ3n) is 4.22. The first-order valence-corrected chi connectivity index (χ1v) is 6.61. The molecule has 0 amide bonds. The van der Waals surface area contributed by atoms with Crippen LogP contribution in [0.1, 0.15) is 53.4 Å². The monoisotopic (exact) mass is 212 g/mol. The van der Waals surface area contributed by atoms with E-state index in [-0.39, 0.29) is 0 Å². The summed E-state index contributed by atoms with van der Waals surface area (Å²) in [6.07, 6.45) is 5.12. The maximum atomic E-state index is 3.57. The summed E-state index contributed by atoms with van der Waals surface area (Å²) in [5.74, 6) is 0. The fraction of sp³-hybridized carbons (Fsp3) is 1.00. The van der Waals surface area contributed by atoms with E-state index in [0.717, 1.165) is 0 Å². The smallest absolute Gasteiger partial charge is 0.0176 e. The first kappa shape index (κ1) is 13.0. The van der Waals surface area contributed by atoms with Crippen LogP contribution in [-0.4, -0.2) is 36.1 Å². The van der Waals surface area contributed by atoms with Crippen molar-refractivity contribution in [3.8, 4) is 0 Å². The van der Waals surface area contributed by atoms with Gasteiger partial charge in [0.25, 0.3) is 0 Å². The minimum Gasteiger partial charge on any atom is -0.314 e. The molecule has 0 saturated carbocycles. The van der Waals surface area contributed by atoms with Crippen LogP contribution >= 0.6 is 0 Å². The highest BCUT2D eigenvalue weighted by Crippen LogP contribution is 2.24. The third-order valence-corrected chi connectivity index (χ3v) is 4.22. The van der Waals surface area contributed by atoms with Gasteiger partial charge in [0.2, 0.25) is 0 Å². The second-order valence-corrected chi connectivity index (χ2v) is 5.19. The summed E-state index contributed by atoms with van der Waals surface area (Å²) in [6.45, 7) is 13.1. The summed E-state index contributed by atoms with van der Waals surface area (Å²) in [7, 11) is 0. The molecule has 0 spiro atoms. The molecule has 0 radical (unpaired) electrons. The number of nitrogens with zero attached hydrogens (tertiary/aromatic N) is 1. The van der Waals surface area contributed by atoms with Crippen molar-refractivity contribution < 1.29 is 0 Å². The molecule has 15 heavy (non-hydrogen) atoms. The van der Waals surface area contributed by atoms with E-state index in [2.05, 4.69) is 37.9 Å². The molecule has 2 heteroatoms. The molecule has 1 heterocycles. The summed E-state index contributed by atoms with van der Waals surface area (Å²) in [4.78, 5) is 2.71. The van der Waals surface area contributed by atoms with E-state index in [1.807, 2.05) is 0 Å². The number of hydrogen-bond donors (Lipinski definition) is 1. The Morgan fingerprint density at radius 1 is 1.27 bits per heavy atom. The van der Waals surface area contributed by atoms with E-state index >= 15 is 0 Å². The zero-order chi connectivity index (χ0) is 11.3. The van der Waals surface area contributed by atoms with E-state index in [9.17, 15) is 0 Å². The van der Waals surface area contributed by atoms with Crippen molar-refractivity contribution in [3.63, 3.8) is 0 Å². The van der Waals surface area contributed by atoms with Gasteiger partial charge in [-0.2, -0.15) is 0 Å². The van der Waals surface area contributed by atoms with E-state index < -0.39 is 0 Å². The highest BCUT2D eigenvalue weighted by atomic mass is 15.2. The molecule has 0 aromatic rings. The van der Waals surface area contributed by atoms with Crippen LogP contribution in [0.4, 0.5) is 0 Å². The van der Waals surface area contributed by atoms with Gasteiger partial charge in [-0.05, 0) is 52.6 Å². The van der Waals surface area contributed by atoms with Crippen molar-refractivity contribution in [2.45, 2.75) is 65.0 Å². The Bertz CT molecular complexity index is 175. The van der Waals surface area contributed by atoms with Gasteiger partial charge in [0, 0.05) is 18.1 Å². The zero-order valence-electron chi connectivity index (χ0n) is 11.0. The van der Waals surface area contributed by atoms with E-state index in [1.54, 1.807) is 0 Å². The molecule has 1 unspecified atom stereocenters. The molecule has 1 aliphatic heterocycles. The van der Waals surface area contributed by atoms with Gasteiger partial charge in [-0.15, -0.1) is 0 Å². The van der Waals surface area contributed by atoms with Crippen molar-refractivity contribution >= 4 is 0 Å². The molecular weight excluding hydrogens is 184 g/mol. The normalized spacial score (nSPS) is 26.0. The molecule has 1 rings (SSSR count). The lowest BCUT2D eigenvalue weighted by molar-refractivity contribution is 0.0822. The van der Waals surface area contributed by atoms with Crippen LogP contribution in [-0.2, 0) is 0 Å². The maximum Gasteiger partial charge on any atom is 0.0176 e. The third kappa shape index (κ3) is 3.46. The Balaban J connectivity index is 2.57. The minimum atomic E-state index is 0.428. The van der Waals surface area contributed by atoms with Gasteiger partial charge in [-0.25, -0.2) is 0 Å². The lowest BCUT2D eigenvalue weighted by Crippen LogP contribution is -2.49. The Morgan fingerprint density at radius 3 is 2.53 bits per heavy atom. The van der Waals surface area contributed by atoms with Gasteiger partial charge >= 0.3 is 0 Å². The maximum absolute atomic E-state index is 3.57. The SMILES string of the molecule is CCC(C)(CC)N1CCCNC(C)CC1. The molecular formula is C13H28N2. The Kier molecular flexibility index (Phi) is 5.07. The first-order chi connectivity index (χ1) is 7.12. The second-order valence-electron chi connectivity index (χ2n) is 5.19. The van der Waals surface area contributed by atoms with Crippen LogP contribution < -0.4 is 5.32 Å². The van der Waals surface area contributed by atoms with Crippen LogP contribution in [0.5, 0.6) is 0 Å². The van der Waals surface area contributed by atoms with Gasteiger partial charge in [0.15, 0.2) is 0 Å². The molecule has 90 valence electrons. The Labute approximate surface area is 95.4 Å². The Hall–Kier alpha value is -0.0800. The predicted molar refractivity (Wildman–Crippen MR) is 67.3 cm³/mol. The van der Waals surface area contributed by atoms with Crippen LogP contribution in [0.2, 0.25) is 0 Å². The lowest BCUT2D eigenvalue weighted by Gasteiger charge is -2.42. The molecule has 0 aliphatic carbocycles. The quantitative estimate of drug-likeness (QED) is 0.773. The number of nitrogens with one attached hydrogen (secondary N) is 1. The van der Waals surface area contributed by atoms with Crippen molar-refractivity contribution in [2.75, 3.05) is 19.6 Å². The van der Waals surface area contributed by atoms with Crippen LogP contribution in [0, 0.1) is 0 Å². The summed E-state index contributed by atoms with van der Waals surface area (Å²) < 4.78 is 0. The molecule has 2 nitrogen and oxygen atoms in total.